The van der Waals surface area contributed by atoms with Gasteiger partial charge in [-0.2, -0.15) is 0 Å². The molecule has 0 amide bonds. The van der Waals surface area contributed by atoms with Gasteiger partial charge in [0.15, 0.2) is 0 Å². The molecule has 0 saturated carbocycles. The molecule has 8 aromatic rings. The van der Waals surface area contributed by atoms with Crippen molar-refractivity contribution in [1.29, 1.82) is 0 Å². The lowest BCUT2D eigenvalue weighted by molar-refractivity contribution is 0.00578. The summed E-state index contributed by atoms with van der Waals surface area (Å²) < 4.78 is 38.0. The van der Waals surface area contributed by atoms with Crippen LogP contribution in [0.2, 0.25) is 0 Å². The van der Waals surface area contributed by atoms with E-state index in [-0.39, 0.29) is 11.2 Å². The van der Waals surface area contributed by atoms with Gasteiger partial charge in [-0.3, -0.25) is 0 Å². The zero-order valence-corrected chi connectivity index (χ0v) is 55.5. The molecule has 4 aromatic carbocycles. The summed E-state index contributed by atoms with van der Waals surface area (Å²) in [6, 6.07) is 34.2. The number of halogens is 2. The fraction of sp³-hybridized carbons (Fsp3) is 0.273. The first-order valence-corrected chi connectivity index (χ1v) is 29.1. The molecule has 2 N–H and O–H groups in total. The van der Waals surface area contributed by atoms with Gasteiger partial charge in [0.25, 0.3) is 0 Å². The van der Waals surface area contributed by atoms with Crippen molar-refractivity contribution >= 4 is 87.6 Å². The van der Waals surface area contributed by atoms with E-state index in [4.69, 9.17) is 28.8 Å². The topological polar surface area (TPSA) is 225 Å². The summed E-state index contributed by atoms with van der Waals surface area (Å²) in [7, 11) is 5.14. The number of carbonyl (C=O) groups is 4. The van der Waals surface area contributed by atoms with Gasteiger partial charge in [0, 0.05) is 49.5 Å². The van der Waals surface area contributed by atoms with Gasteiger partial charge in [0.2, 0.25) is 0 Å². The van der Waals surface area contributed by atoms with E-state index in [1.807, 2.05) is 61.5 Å². The number of ether oxygens (including phenoxy) is 5. The van der Waals surface area contributed by atoms with Gasteiger partial charge in [-0.15, -0.1) is 0 Å². The molecule has 0 atom stereocenters. The molecule has 4 aromatic heterocycles. The summed E-state index contributed by atoms with van der Waals surface area (Å²) in [5.41, 5.74) is 15.7. The first kappa shape index (κ1) is 70.1. The minimum Gasteiger partial charge on any atom is -0.497 e. The van der Waals surface area contributed by atoms with E-state index in [0.717, 1.165) is 71.1 Å². The second-order valence-electron chi connectivity index (χ2n) is 21.1. The number of nitrogens with zero attached hydrogens (tertiary/aromatic N) is 4. The second kappa shape index (κ2) is 31.8. The zero-order chi connectivity index (χ0) is 64.5. The number of aromatic nitrogens is 4. The van der Waals surface area contributed by atoms with Crippen LogP contribution in [-0.2, 0) is 28.3 Å². The Morgan fingerprint density at radius 3 is 1.22 bits per heavy atom. The number of hydrogen-bond acceptors (Lipinski definition) is 17. The van der Waals surface area contributed by atoms with Gasteiger partial charge in [0.1, 0.15) is 28.5 Å². The summed E-state index contributed by atoms with van der Waals surface area (Å²) in [5.74, 6) is -0.965. The van der Waals surface area contributed by atoms with Crippen molar-refractivity contribution in [2.45, 2.75) is 87.4 Å². The Labute approximate surface area is 532 Å². The molecular weight excluding hydrogens is 1290 g/mol. The molecule has 1 aliphatic heterocycles. The maximum Gasteiger partial charge on any atom is 0.495 e. The number of esters is 4. The van der Waals surface area contributed by atoms with E-state index < -0.39 is 38.1 Å². The predicted octanol–water partition coefficient (Wildman–Crippen LogP) is 11.7. The van der Waals surface area contributed by atoms with Crippen molar-refractivity contribution < 1.29 is 62.2 Å². The highest BCUT2D eigenvalue weighted by Gasteiger charge is 2.52. The van der Waals surface area contributed by atoms with E-state index in [1.54, 1.807) is 80.4 Å². The number of hydrogen-bond donors (Lipinski definition) is 2. The Kier molecular flexibility index (Phi) is 25.6. The van der Waals surface area contributed by atoms with Crippen LogP contribution in [0.25, 0.3) is 33.4 Å². The van der Waals surface area contributed by atoms with Crippen molar-refractivity contribution in [3.63, 3.8) is 0 Å². The summed E-state index contributed by atoms with van der Waals surface area (Å²) in [6.07, 6.45) is 6.73. The fourth-order valence-corrected chi connectivity index (χ4v) is 9.01. The molecule has 0 radical (unpaired) electrons. The lowest BCUT2D eigenvalue weighted by Gasteiger charge is -2.32. The van der Waals surface area contributed by atoms with Gasteiger partial charge < -0.3 is 43.0 Å². The van der Waals surface area contributed by atoms with Crippen LogP contribution in [0, 0.1) is 52.0 Å². The molecule has 1 saturated heterocycles. The molecule has 87 heavy (non-hydrogen) atoms. The van der Waals surface area contributed by atoms with Crippen molar-refractivity contribution in [3.05, 3.63) is 204 Å². The van der Waals surface area contributed by atoms with Gasteiger partial charge in [-0.05, 0) is 213 Å². The maximum atomic E-state index is 11.7. The van der Waals surface area contributed by atoms with Crippen LogP contribution in [0.5, 0.6) is 5.75 Å². The smallest absolute Gasteiger partial charge is 0.495 e. The first-order valence-electron chi connectivity index (χ1n) is 27.2. The zero-order valence-electron chi connectivity index (χ0n) is 51.8. The van der Waals surface area contributed by atoms with Crippen LogP contribution in [-0.4, -0.2) is 115 Å². The summed E-state index contributed by atoms with van der Waals surface area (Å²) in [5, 5.41) is 17.4. The third-order valence-electron chi connectivity index (χ3n) is 14.3. The Balaban J connectivity index is 0.000000206. The van der Waals surface area contributed by atoms with Gasteiger partial charge in [-0.1, -0.05) is 77.9 Å². The lowest BCUT2D eigenvalue weighted by Crippen LogP contribution is -2.41. The fourth-order valence-electron chi connectivity index (χ4n) is 8.28. The van der Waals surface area contributed by atoms with Crippen molar-refractivity contribution in [2.75, 3.05) is 35.5 Å². The van der Waals surface area contributed by atoms with Crippen molar-refractivity contribution in [3.8, 4) is 39.1 Å². The van der Waals surface area contributed by atoms with Crippen LogP contribution >= 0.6 is 38.5 Å². The van der Waals surface area contributed by atoms with E-state index in [9.17, 15) is 19.2 Å². The number of methoxy groups -OCH3 is 5. The van der Waals surface area contributed by atoms with E-state index in [1.165, 1.54) is 43.1 Å². The molecule has 1 aliphatic rings. The number of rotatable bonds is 10. The van der Waals surface area contributed by atoms with Crippen molar-refractivity contribution in [2.24, 2.45) is 0 Å². The quantitative estimate of drug-likeness (QED) is 0.0562. The normalized spacial score (nSPS) is 12.4. The Hall–Kier alpha value is -7.66. The molecule has 0 aliphatic carbocycles. The van der Waals surface area contributed by atoms with E-state index in [2.05, 4.69) is 148 Å². The number of aryl methyl sites for hydroxylation is 7. The van der Waals surface area contributed by atoms with E-state index >= 15 is 0 Å². The summed E-state index contributed by atoms with van der Waals surface area (Å²) >= 11 is 5.60. The Bertz CT molecular complexity index is 3700. The summed E-state index contributed by atoms with van der Waals surface area (Å²) in [4.78, 5) is 61.9. The highest BCUT2D eigenvalue weighted by molar-refractivity contribution is 14.1. The Morgan fingerprint density at radius 2 is 0.851 bits per heavy atom. The average Bonchev–Trinajstić information content (AvgIpc) is 1.77. The molecular formula is C66H72B2BrIN4O13. The third-order valence-corrected chi connectivity index (χ3v) is 16.3. The minimum absolute atomic E-state index is 0.303. The molecule has 454 valence electrons. The molecule has 0 unspecified atom stereocenters. The minimum atomic E-state index is -1.40. The highest BCUT2D eigenvalue weighted by Crippen LogP contribution is 2.37. The molecule has 17 nitrogen and oxygen atoms in total. The van der Waals surface area contributed by atoms with Gasteiger partial charge in [-0.25, -0.2) is 39.1 Å². The standard InChI is InChI=1S/C21H26BNO4.C15H14INO2.C15H15NO2.C8H8BrNO2.C7H9BO3/c1-13-8-9-15(16-12-23-18(10-14(16)2)19(24)25-7)11-17(13)22-26-20(3,4)21(5,6)27-22;1-9-4-5-11(7-13(9)16)12-8-17-14(6-10(12)2)15(18)19-3;1-10-4-6-12(7-5-10)13-9-16-14(8-11(13)2)15(17)18-3;1-5-3-7(8(11)12-2)10-4-6(5)9;1-11-7-4-2-6(3-5-7)8(9)10/h8-12H,1-7H3;4-8H,1-3H3;4-9H,1-3H3;3-4H,1-2H3;2-5,9-10H,1H3. The SMILES string of the molecule is COC(=O)c1cc(C)c(-c2ccc(C)c(B3OC(C)(C)C(C)(C)O3)c2)cn1.COC(=O)c1cc(C)c(-c2ccc(C)c(I)c2)cn1.COC(=O)c1cc(C)c(-c2ccc(C)cc2)cn1.COC(=O)c1cc(C)c(Br)cn1.COc1ccc(B(O)O)cc1. The Morgan fingerprint density at radius 1 is 0.483 bits per heavy atom. The lowest BCUT2D eigenvalue weighted by atomic mass is 9.75. The summed E-state index contributed by atoms with van der Waals surface area (Å²) in [6.45, 7) is 22.1. The largest absolute Gasteiger partial charge is 0.497 e. The average molecular weight is 1360 g/mol. The van der Waals surface area contributed by atoms with E-state index in [0.29, 0.717) is 34.0 Å². The maximum absolute atomic E-state index is 11.7. The van der Waals surface area contributed by atoms with Crippen LogP contribution in [0.15, 0.2) is 138 Å². The number of benzene rings is 4. The molecule has 5 heterocycles. The van der Waals surface area contributed by atoms with Gasteiger partial charge >= 0.3 is 38.1 Å². The second-order valence-corrected chi connectivity index (χ2v) is 23.1. The first-order chi connectivity index (χ1) is 41.1. The predicted molar refractivity (Wildman–Crippen MR) is 351 cm³/mol. The molecule has 9 rings (SSSR count). The monoisotopic (exact) mass is 1360 g/mol. The molecule has 0 bridgehead atoms. The molecule has 21 heteroatoms. The van der Waals surface area contributed by atoms with Crippen LogP contribution < -0.4 is 15.7 Å². The van der Waals surface area contributed by atoms with Crippen LogP contribution in [0.4, 0.5) is 0 Å². The number of carbonyl (C=O) groups excluding carboxylic acids is 4. The van der Waals surface area contributed by atoms with Crippen LogP contribution in [0.1, 0.15) is 109 Å². The van der Waals surface area contributed by atoms with Crippen LogP contribution in [0.3, 0.4) is 0 Å². The van der Waals surface area contributed by atoms with Crippen molar-refractivity contribution in [1.82, 2.24) is 19.9 Å². The molecule has 1 fully saturated rings. The highest BCUT2D eigenvalue weighted by atomic mass is 127. The molecule has 0 spiro atoms. The third kappa shape index (κ3) is 18.9. The number of pyridine rings is 4. The van der Waals surface area contributed by atoms with Gasteiger partial charge in [0.05, 0.1) is 46.8 Å².